The van der Waals surface area contributed by atoms with Crippen molar-refractivity contribution in [1.29, 1.82) is 0 Å². The van der Waals surface area contributed by atoms with Gasteiger partial charge in [-0.3, -0.25) is 0 Å². The Hall–Kier alpha value is -1.57. The van der Waals surface area contributed by atoms with Crippen molar-refractivity contribution >= 4 is 53.2 Å². The summed E-state index contributed by atoms with van der Waals surface area (Å²) in [6.45, 7) is 19.8. The molecule has 0 aliphatic rings. The van der Waals surface area contributed by atoms with Crippen LogP contribution in [0.5, 0.6) is 0 Å². The zero-order chi connectivity index (χ0) is 24.5. The van der Waals surface area contributed by atoms with E-state index in [-0.39, 0.29) is 24.8 Å². The zero-order valence-corrected chi connectivity index (χ0v) is 26.6. The van der Waals surface area contributed by atoms with E-state index in [0.29, 0.717) is 0 Å². The van der Waals surface area contributed by atoms with Crippen LogP contribution >= 0.6 is 24.8 Å². The summed E-state index contributed by atoms with van der Waals surface area (Å²) in [6, 6.07) is 27.7. The second kappa shape index (κ2) is 16.2. The molecule has 0 heterocycles. The van der Waals surface area contributed by atoms with Crippen LogP contribution in [-0.2, 0) is 23.3 Å². The van der Waals surface area contributed by atoms with Crippen molar-refractivity contribution in [1.82, 2.24) is 0 Å². The molecule has 35 heavy (non-hydrogen) atoms. The molecule has 0 unspecified atom stereocenters. The number of hydrogen-bond acceptors (Lipinski definition) is 0. The van der Waals surface area contributed by atoms with Gasteiger partial charge in [-0.1, -0.05) is 42.2 Å². The van der Waals surface area contributed by atoms with Crippen LogP contribution in [0.25, 0.3) is 21.5 Å². The maximum absolute atomic E-state index is 3.72. The summed E-state index contributed by atoms with van der Waals surface area (Å²) >= 11 is 1.36. The average molecular weight is 598 g/mol. The Kier molecular flexibility index (Phi) is 15.5. The van der Waals surface area contributed by atoms with Crippen LogP contribution in [0.15, 0.2) is 78.9 Å². The first-order valence-corrected chi connectivity index (χ1v) is 15.3. The van der Waals surface area contributed by atoms with Crippen molar-refractivity contribution in [2.24, 2.45) is 0 Å². The summed E-state index contributed by atoms with van der Waals surface area (Å²) in [5, 5.41) is 5.56. The van der Waals surface area contributed by atoms with Crippen LogP contribution in [-0.4, -0.2) is 6.88 Å². The number of hydrogen-bond donors (Lipinski definition) is 0. The summed E-state index contributed by atoms with van der Waals surface area (Å²) in [5.41, 5.74) is 9.39. The molecule has 0 N–H and O–H groups in total. The summed E-state index contributed by atoms with van der Waals surface area (Å²) in [6.07, 6.45) is 0. The molecule has 0 saturated carbocycles. The third kappa shape index (κ3) is 9.43. The number of fused-ring (bicyclic) bond motifs is 2. The van der Waals surface area contributed by atoms with Crippen LogP contribution < -0.4 is 0 Å². The number of aryl methyl sites for hydroxylation is 6. The fourth-order valence-corrected chi connectivity index (χ4v) is 3.86. The van der Waals surface area contributed by atoms with Crippen molar-refractivity contribution in [3.05, 3.63) is 125 Å². The Labute approximate surface area is 241 Å². The van der Waals surface area contributed by atoms with E-state index in [1.54, 1.807) is 0 Å². The first kappa shape index (κ1) is 33.4. The van der Waals surface area contributed by atoms with E-state index in [9.17, 15) is 0 Å². The molecule has 0 atom stereocenters. The third-order valence-corrected chi connectivity index (χ3v) is 5.99. The van der Waals surface area contributed by atoms with Crippen LogP contribution in [0.1, 0.15) is 38.9 Å². The third-order valence-electron chi connectivity index (χ3n) is 5.99. The van der Waals surface area contributed by atoms with Crippen LogP contribution in [0, 0.1) is 48.5 Å². The van der Waals surface area contributed by atoms with Crippen molar-refractivity contribution in [3.63, 3.8) is 0 Å². The Bertz CT molecular complexity index is 1230. The summed E-state index contributed by atoms with van der Waals surface area (Å²) < 4.78 is 0. The molecule has 0 spiro atoms. The van der Waals surface area contributed by atoms with E-state index in [1.807, 2.05) is 30.3 Å². The standard InChI is InChI=1S/2C12H13.C7H7.2ClH.Si.Zr/c2*1-8-6-11-5-4-9(2)10(3)12(11)7-8;1-7-5-3-2-4-6-7;;;;/h2*4-7H,1-3H3;2-6H,1H2;2*1H;;/q3*-1;;;;. The molecule has 0 saturated heterocycles. The molecule has 2 radical (unpaired) electrons. The van der Waals surface area contributed by atoms with E-state index < -0.39 is 0 Å². The SMILES string of the molecule is Cc1cc2c(C)c(C)ccc2[cH-]1.Cc1cc2c(C)c(C)ccc2[cH-]1.Cl.Cl.[CH2-]c1ccccc1.[Si]=[Zr]. The van der Waals surface area contributed by atoms with Gasteiger partial charge in [0, 0.05) is 0 Å². The van der Waals surface area contributed by atoms with Gasteiger partial charge >= 0.3 is 30.2 Å². The van der Waals surface area contributed by atoms with Gasteiger partial charge < -0.3 is 0 Å². The number of halogens is 2. The Morgan fingerprint density at radius 2 is 0.971 bits per heavy atom. The second-order valence-electron chi connectivity index (χ2n) is 8.57. The van der Waals surface area contributed by atoms with Crippen LogP contribution in [0.2, 0.25) is 0 Å². The molecular formula is C31H35Cl2SiZr-3. The van der Waals surface area contributed by atoms with E-state index >= 15 is 0 Å². The molecule has 0 aliphatic heterocycles. The monoisotopic (exact) mass is 595 g/mol. The average Bonchev–Trinajstić information content (AvgIpc) is 3.39. The van der Waals surface area contributed by atoms with E-state index in [2.05, 4.69) is 104 Å². The molecule has 0 fully saturated rings. The number of benzene rings is 3. The molecule has 184 valence electrons. The maximum atomic E-state index is 3.72. The van der Waals surface area contributed by atoms with Crippen LogP contribution in [0.4, 0.5) is 0 Å². The Morgan fingerprint density at radius 3 is 1.29 bits per heavy atom. The van der Waals surface area contributed by atoms with Gasteiger partial charge in [0.05, 0.1) is 0 Å². The van der Waals surface area contributed by atoms with Crippen LogP contribution in [0.3, 0.4) is 0 Å². The molecular weight excluding hydrogens is 563 g/mol. The van der Waals surface area contributed by atoms with E-state index in [1.165, 1.54) is 78.3 Å². The first-order valence-electron chi connectivity index (χ1n) is 11.1. The second-order valence-corrected chi connectivity index (χ2v) is 8.57. The predicted octanol–water partition coefficient (Wildman–Crippen LogP) is 9.30. The van der Waals surface area contributed by atoms with Gasteiger partial charge in [0.15, 0.2) is 0 Å². The summed E-state index contributed by atoms with van der Waals surface area (Å²) in [4.78, 5) is 0. The van der Waals surface area contributed by atoms with Gasteiger partial charge in [0.2, 0.25) is 0 Å². The van der Waals surface area contributed by atoms with E-state index in [0.717, 1.165) is 5.56 Å². The van der Waals surface area contributed by atoms with Gasteiger partial charge in [0.25, 0.3) is 0 Å². The topological polar surface area (TPSA) is 0 Å². The normalized spacial score (nSPS) is 9.29. The fourth-order valence-electron chi connectivity index (χ4n) is 3.86. The molecule has 4 heteroatoms. The molecule has 0 bridgehead atoms. The van der Waals surface area contributed by atoms with Gasteiger partial charge in [-0.25, -0.2) is 0 Å². The quantitative estimate of drug-likeness (QED) is 0.123. The molecule has 5 rings (SSSR count). The summed E-state index contributed by atoms with van der Waals surface area (Å²) in [5.74, 6) is 0. The van der Waals surface area contributed by atoms with Crippen molar-refractivity contribution in [3.8, 4) is 0 Å². The van der Waals surface area contributed by atoms with Crippen molar-refractivity contribution in [2.45, 2.75) is 41.5 Å². The fraction of sp³-hybridized carbons (Fsp3) is 0.194. The van der Waals surface area contributed by atoms with Gasteiger partial charge in [0.1, 0.15) is 0 Å². The molecule has 5 aromatic carbocycles. The molecule has 5 aromatic rings. The first-order chi connectivity index (χ1) is 15.8. The minimum absolute atomic E-state index is 0. The van der Waals surface area contributed by atoms with E-state index in [4.69, 9.17) is 0 Å². The van der Waals surface area contributed by atoms with Crippen molar-refractivity contribution < 1.29 is 23.3 Å². The molecule has 0 nitrogen and oxygen atoms in total. The molecule has 0 aliphatic carbocycles. The van der Waals surface area contributed by atoms with Gasteiger partial charge in [-0.2, -0.15) is 36.8 Å². The molecule has 0 aromatic heterocycles. The summed E-state index contributed by atoms with van der Waals surface area (Å²) in [7, 11) is 0. The van der Waals surface area contributed by atoms with Crippen molar-refractivity contribution in [2.75, 3.05) is 0 Å². The molecule has 0 amide bonds. The Balaban J connectivity index is 0.000000480. The predicted molar refractivity (Wildman–Crippen MR) is 159 cm³/mol. The Morgan fingerprint density at radius 1 is 0.600 bits per heavy atom. The van der Waals surface area contributed by atoms with Gasteiger partial charge in [-0.15, -0.1) is 106 Å². The number of rotatable bonds is 0. The minimum atomic E-state index is 0. The zero-order valence-electron chi connectivity index (χ0n) is 21.5. The van der Waals surface area contributed by atoms with Gasteiger partial charge in [-0.05, 0) is 27.7 Å².